The maximum atomic E-state index is 4.68. The molecule has 0 spiro atoms. The van der Waals surface area contributed by atoms with E-state index in [9.17, 15) is 0 Å². The fourth-order valence-corrected chi connectivity index (χ4v) is 0.521. The van der Waals surface area contributed by atoms with Crippen molar-refractivity contribution in [2.45, 2.75) is 0 Å². The predicted molar refractivity (Wildman–Crippen MR) is 32.8 cm³/mol. The van der Waals surface area contributed by atoms with Gasteiger partial charge in [-0.1, -0.05) is 0 Å². The van der Waals surface area contributed by atoms with Gasteiger partial charge >= 0.3 is 0 Å². The molecule has 1 rings (SSSR count). The molecule has 0 aromatic carbocycles. The number of aromatic nitrogens is 2. The van der Waals surface area contributed by atoms with Crippen molar-refractivity contribution in [3.63, 3.8) is 0 Å². The minimum Gasteiger partial charge on any atom is -0.344 e. The summed E-state index contributed by atoms with van der Waals surface area (Å²) in [5.41, 5.74) is 0. The number of nitrogens with zero attached hydrogens (tertiary/aromatic N) is 2. The van der Waals surface area contributed by atoms with Crippen molar-refractivity contribution in [2.75, 3.05) is 0 Å². The highest BCUT2D eigenvalue weighted by molar-refractivity contribution is 14.1. The maximum Gasteiger partial charge on any atom is 0.227 e. The second kappa shape index (κ2) is 2.15. The summed E-state index contributed by atoms with van der Waals surface area (Å²) in [6, 6.07) is 0. The summed E-state index contributed by atoms with van der Waals surface area (Å²) in [6.07, 6.45) is 4.94. The molecule has 0 N–H and O–H groups in total. The zero-order valence-electron chi connectivity index (χ0n) is 3.41. The van der Waals surface area contributed by atoms with E-state index in [1.165, 1.54) is 4.73 Å². The topological polar surface area (TPSA) is 27.1 Å². The van der Waals surface area contributed by atoms with Crippen molar-refractivity contribution < 1.29 is 3.17 Å². The summed E-state index contributed by atoms with van der Waals surface area (Å²) in [7, 11) is 0. The van der Waals surface area contributed by atoms with E-state index in [1.807, 2.05) is 0 Å². The summed E-state index contributed by atoms with van der Waals surface area (Å²) in [5.74, 6) is 0. The Bertz CT molecular complexity index is 127. The van der Waals surface area contributed by atoms with Crippen molar-refractivity contribution >= 4 is 23.0 Å². The van der Waals surface area contributed by atoms with E-state index in [0.717, 1.165) is 0 Å². The third kappa shape index (κ3) is 1.05. The van der Waals surface area contributed by atoms with E-state index in [2.05, 4.69) is 8.15 Å². The van der Waals surface area contributed by atoms with Gasteiger partial charge in [0.25, 0.3) is 0 Å². The lowest BCUT2D eigenvalue weighted by atomic mass is 11.0. The molecule has 1 aromatic heterocycles. The first-order valence-electron chi connectivity index (χ1n) is 1.70. The van der Waals surface area contributed by atoms with Crippen LogP contribution in [0.1, 0.15) is 0 Å². The van der Waals surface area contributed by atoms with Crippen molar-refractivity contribution in [2.24, 2.45) is 0 Å². The standard InChI is InChI=1S/C3H3IN2O/c4-7-6-2-1-5-3-6/h1-3H. The molecule has 3 nitrogen and oxygen atoms in total. The molecular weight excluding hydrogens is 207 g/mol. The first kappa shape index (κ1) is 4.89. The van der Waals surface area contributed by atoms with Crippen LogP contribution < -0.4 is 3.17 Å². The average Bonchev–Trinajstić information content (AvgIpc) is 2.14. The molecule has 0 saturated heterocycles. The normalized spacial score (nSPS) is 8.71. The number of hydrogen-bond donors (Lipinski definition) is 0. The third-order valence-electron chi connectivity index (χ3n) is 0.560. The first-order chi connectivity index (χ1) is 3.43. The summed E-state index contributed by atoms with van der Waals surface area (Å²) in [6.45, 7) is 0. The van der Waals surface area contributed by atoms with Crippen LogP contribution in [0.2, 0.25) is 0 Å². The van der Waals surface area contributed by atoms with Crippen LogP contribution in [0.4, 0.5) is 0 Å². The lowest BCUT2D eigenvalue weighted by molar-refractivity contribution is 0.369. The number of hydrogen-bond acceptors (Lipinski definition) is 2. The van der Waals surface area contributed by atoms with Crippen LogP contribution in [-0.2, 0) is 0 Å². The van der Waals surface area contributed by atoms with E-state index in [4.69, 9.17) is 0 Å². The molecule has 0 unspecified atom stereocenters. The fraction of sp³-hybridized carbons (Fsp3) is 0. The molecule has 0 fully saturated rings. The second-order valence-electron chi connectivity index (χ2n) is 0.992. The Morgan fingerprint density at radius 3 is 2.86 bits per heavy atom. The molecule has 4 heteroatoms. The molecule has 0 aliphatic carbocycles. The molecular formula is C3H3IN2O. The lowest BCUT2D eigenvalue weighted by Gasteiger charge is -1.88. The molecule has 0 aliphatic rings. The maximum absolute atomic E-state index is 4.68. The number of halogens is 1. The number of imidazole rings is 1. The van der Waals surface area contributed by atoms with E-state index in [0.29, 0.717) is 0 Å². The third-order valence-corrected chi connectivity index (χ3v) is 1.01. The van der Waals surface area contributed by atoms with Crippen molar-refractivity contribution in [1.82, 2.24) is 9.71 Å². The van der Waals surface area contributed by atoms with Crippen molar-refractivity contribution in [1.29, 1.82) is 0 Å². The molecule has 0 saturated carbocycles. The Morgan fingerprint density at radius 1 is 1.71 bits per heavy atom. The minimum absolute atomic E-state index is 1.50. The van der Waals surface area contributed by atoms with Gasteiger partial charge in [0.2, 0.25) is 23.0 Å². The molecule has 0 amide bonds. The Balaban J connectivity index is 2.76. The van der Waals surface area contributed by atoms with Crippen LogP contribution in [0, 0.1) is 0 Å². The Morgan fingerprint density at radius 2 is 2.57 bits per heavy atom. The largest absolute Gasteiger partial charge is 0.344 e. The van der Waals surface area contributed by atoms with Gasteiger partial charge in [-0.2, -0.15) is 4.73 Å². The van der Waals surface area contributed by atoms with Crippen LogP contribution in [0.25, 0.3) is 0 Å². The van der Waals surface area contributed by atoms with Gasteiger partial charge in [-0.3, -0.25) is 0 Å². The number of rotatable bonds is 1. The van der Waals surface area contributed by atoms with E-state index in [-0.39, 0.29) is 0 Å². The Kier molecular flexibility index (Phi) is 1.50. The highest BCUT2D eigenvalue weighted by atomic mass is 127. The zero-order chi connectivity index (χ0) is 5.11. The molecule has 1 aromatic rings. The highest BCUT2D eigenvalue weighted by Gasteiger charge is 1.78. The van der Waals surface area contributed by atoms with Crippen LogP contribution in [-0.4, -0.2) is 9.71 Å². The van der Waals surface area contributed by atoms with Gasteiger partial charge in [0.1, 0.15) is 6.33 Å². The monoisotopic (exact) mass is 210 g/mol. The molecule has 0 bridgehead atoms. The minimum atomic E-state index is 1.50. The Hall–Kier alpha value is -0.260. The van der Waals surface area contributed by atoms with Crippen molar-refractivity contribution in [3.05, 3.63) is 18.7 Å². The fourth-order valence-electron chi connectivity index (χ4n) is 0.288. The quantitative estimate of drug-likeness (QED) is 0.636. The summed E-state index contributed by atoms with van der Waals surface area (Å²) in [5, 5.41) is 0. The van der Waals surface area contributed by atoms with Crippen LogP contribution in [0.5, 0.6) is 0 Å². The van der Waals surface area contributed by atoms with Gasteiger partial charge in [0.15, 0.2) is 0 Å². The summed E-state index contributed by atoms with van der Waals surface area (Å²) in [4.78, 5) is 3.73. The van der Waals surface area contributed by atoms with Gasteiger partial charge < -0.3 is 3.17 Å². The van der Waals surface area contributed by atoms with E-state index >= 15 is 0 Å². The summed E-state index contributed by atoms with van der Waals surface area (Å²) < 4.78 is 6.18. The van der Waals surface area contributed by atoms with Gasteiger partial charge in [-0.05, 0) is 0 Å². The molecule has 38 valence electrons. The second-order valence-corrected chi connectivity index (χ2v) is 1.39. The SMILES string of the molecule is IOn1ccnc1. The van der Waals surface area contributed by atoms with Gasteiger partial charge in [-0.15, -0.1) is 0 Å². The molecule has 0 atom stereocenters. The first-order valence-corrected chi connectivity index (χ1v) is 2.58. The van der Waals surface area contributed by atoms with Crippen LogP contribution in [0.3, 0.4) is 0 Å². The average molecular weight is 210 g/mol. The van der Waals surface area contributed by atoms with E-state index in [1.54, 1.807) is 41.7 Å². The molecule has 0 radical (unpaired) electrons. The van der Waals surface area contributed by atoms with Crippen molar-refractivity contribution in [3.8, 4) is 0 Å². The molecule has 0 aliphatic heterocycles. The van der Waals surface area contributed by atoms with Gasteiger partial charge in [-0.25, -0.2) is 4.98 Å². The molecule has 7 heavy (non-hydrogen) atoms. The van der Waals surface area contributed by atoms with Crippen LogP contribution >= 0.6 is 23.0 Å². The smallest absolute Gasteiger partial charge is 0.227 e. The zero-order valence-corrected chi connectivity index (χ0v) is 5.57. The van der Waals surface area contributed by atoms with E-state index < -0.39 is 0 Å². The van der Waals surface area contributed by atoms with Gasteiger partial charge in [0, 0.05) is 6.20 Å². The summed E-state index contributed by atoms with van der Waals surface area (Å²) >= 11 is 1.77. The Labute approximate surface area is 55.0 Å². The highest BCUT2D eigenvalue weighted by Crippen LogP contribution is 1.82. The predicted octanol–water partition coefficient (Wildman–Crippen LogP) is 0.662. The molecule has 1 heterocycles. The lowest BCUT2D eigenvalue weighted by Crippen LogP contribution is -1.92. The van der Waals surface area contributed by atoms with Gasteiger partial charge in [0.05, 0.1) is 6.20 Å². The van der Waals surface area contributed by atoms with Crippen LogP contribution in [0.15, 0.2) is 18.7 Å².